The van der Waals surface area contributed by atoms with Crippen LogP contribution in [0.3, 0.4) is 0 Å². The predicted molar refractivity (Wildman–Crippen MR) is 79.2 cm³/mol. The van der Waals surface area contributed by atoms with Crippen molar-refractivity contribution in [3.05, 3.63) is 12.2 Å². The summed E-state index contributed by atoms with van der Waals surface area (Å²) in [5.41, 5.74) is -0.103. The molecule has 20 heavy (non-hydrogen) atoms. The van der Waals surface area contributed by atoms with E-state index in [4.69, 9.17) is 0 Å². The molecule has 1 aromatic heterocycles. The number of aryl methyl sites for hydroxylation is 1. The van der Waals surface area contributed by atoms with Crippen molar-refractivity contribution < 1.29 is 4.79 Å². The normalized spacial score (nSPS) is 13.9. The molecule has 0 fully saturated rings. The van der Waals surface area contributed by atoms with Crippen LogP contribution in [0.15, 0.2) is 6.33 Å². The third-order valence-electron chi connectivity index (χ3n) is 2.91. The summed E-state index contributed by atoms with van der Waals surface area (Å²) in [6.45, 7) is 12.4. The Kier molecular flexibility index (Phi) is 4.78. The van der Waals surface area contributed by atoms with Gasteiger partial charge >= 0.3 is 6.03 Å². The molecule has 0 aromatic carbocycles. The molecule has 2 amide bonds. The van der Waals surface area contributed by atoms with Gasteiger partial charge in [0.2, 0.25) is 0 Å². The molecule has 6 nitrogen and oxygen atoms in total. The predicted octanol–water partition coefficient (Wildman–Crippen LogP) is 2.39. The third kappa shape index (κ3) is 5.19. The van der Waals surface area contributed by atoms with Crippen molar-refractivity contribution in [2.75, 3.05) is 0 Å². The van der Waals surface area contributed by atoms with Gasteiger partial charge in [0.1, 0.15) is 6.33 Å². The van der Waals surface area contributed by atoms with E-state index in [-0.39, 0.29) is 23.0 Å². The molecule has 6 heteroatoms. The molecule has 0 saturated heterocycles. The van der Waals surface area contributed by atoms with Crippen LogP contribution in [0.25, 0.3) is 0 Å². The van der Waals surface area contributed by atoms with Crippen LogP contribution in [0.5, 0.6) is 0 Å². The average molecular weight is 281 g/mol. The Bertz CT molecular complexity index is 458. The first kappa shape index (κ1) is 16.5. The first-order chi connectivity index (χ1) is 9.00. The van der Waals surface area contributed by atoms with Crippen molar-refractivity contribution >= 4 is 6.03 Å². The van der Waals surface area contributed by atoms with Gasteiger partial charge in [-0.25, -0.2) is 4.79 Å². The Labute approximate surface area is 121 Å². The summed E-state index contributed by atoms with van der Waals surface area (Å²) >= 11 is 0. The number of carbonyl (C=O) groups is 1. The third-order valence-corrected chi connectivity index (χ3v) is 2.91. The number of hydrogen-bond donors (Lipinski definition) is 2. The molecule has 0 saturated carbocycles. The zero-order valence-corrected chi connectivity index (χ0v) is 13.6. The largest absolute Gasteiger partial charge is 0.333 e. The number of carbonyl (C=O) groups excluding carboxylic acids is 1. The SMILES string of the molecule is C[C@H](NC(=O)NC(C)(C)CC(C)(C)C)c1nncn1C. The molecular formula is C14H27N5O. The number of nitrogens with one attached hydrogen (secondary N) is 2. The summed E-state index contributed by atoms with van der Waals surface area (Å²) in [6.07, 6.45) is 2.51. The fourth-order valence-electron chi connectivity index (χ4n) is 2.66. The standard InChI is InChI=1S/C14H27N5O/c1-10(11-18-15-9-19(11)7)16-12(20)17-14(5,6)8-13(2,3)4/h9-10H,8H2,1-7H3,(H2,16,17,20)/t10-/m0/s1. The Balaban J connectivity index is 2.57. The van der Waals surface area contributed by atoms with Gasteiger partial charge in [-0.2, -0.15) is 0 Å². The highest BCUT2D eigenvalue weighted by atomic mass is 16.2. The highest BCUT2D eigenvalue weighted by Gasteiger charge is 2.27. The van der Waals surface area contributed by atoms with Crippen LogP contribution in [0, 0.1) is 5.41 Å². The van der Waals surface area contributed by atoms with Crippen LogP contribution in [0.1, 0.15) is 59.8 Å². The highest BCUT2D eigenvalue weighted by molar-refractivity contribution is 5.75. The van der Waals surface area contributed by atoms with Gasteiger partial charge in [0, 0.05) is 12.6 Å². The van der Waals surface area contributed by atoms with Crippen LogP contribution >= 0.6 is 0 Å². The van der Waals surface area contributed by atoms with Crippen LogP contribution in [-0.4, -0.2) is 26.3 Å². The first-order valence-electron chi connectivity index (χ1n) is 6.93. The second kappa shape index (κ2) is 5.81. The van der Waals surface area contributed by atoms with Gasteiger partial charge in [-0.15, -0.1) is 10.2 Å². The van der Waals surface area contributed by atoms with Crippen molar-refractivity contribution in [2.45, 2.75) is 59.5 Å². The van der Waals surface area contributed by atoms with Gasteiger partial charge in [-0.3, -0.25) is 0 Å². The van der Waals surface area contributed by atoms with Crippen molar-refractivity contribution in [3.63, 3.8) is 0 Å². The van der Waals surface area contributed by atoms with Gasteiger partial charge < -0.3 is 15.2 Å². The second-order valence-electron chi connectivity index (χ2n) is 7.24. The smallest absolute Gasteiger partial charge is 0.315 e. The summed E-state index contributed by atoms with van der Waals surface area (Å²) in [5, 5.41) is 13.7. The van der Waals surface area contributed by atoms with Crippen molar-refractivity contribution in [2.24, 2.45) is 12.5 Å². The second-order valence-corrected chi connectivity index (χ2v) is 7.24. The van der Waals surface area contributed by atoms with E-state index >= 15 is 0 Å². The summed E-state index contributed by atoms with van der Waals surface area (Å²) in [4.78, 5) is 12.1. The van der Waals surface area contributed by atoms with E-state index < -0.39 is 0 Å². The van der Waals surface area contributed by atoms with E-state index in [0.717, 1.165) is 12.2 Å². The highest BCUT2D eigenvalue weighted by Crippen LogP contribution is 2.26. The van der Waals surface area contributed by atoms with Gasteiger partial charge in [-0.05, 0) is 32.6 Å². The molecule has 1 heterocycles. The van der Waals surface area contributed by atoms with E-state index in [1.165, 1.54) is 0 Å². The molecule has 0 unspecified atom stereocenters. The molecule has 0 aliphatic heterocycles. The minimum Gasteiger partial charge on any atom is -0.333 e. The van der Waals surface area contributed by atoms with Crippen molar-refractivity contribution in [1.82, 2.24) is 25.4 Å². The zero-order valence-electron chi connectivity index (χ0n) is 13.6. The lowest BCUT2D eigenvalue weighted by molar-refractivity contribution is 0.207. The number of nitrogens with zero attached hydrogens (tertiary/aromatic N) is 3. The van der Waals surface area contributed by atoms with Crippen LogP contribution < -0.4 is 10.6 Å². The first-order valence-corrected chi connectivity index (χ1v) is 6.93. The fraction of sp³-hybridized carbons (Fsp3) is 0.786. The number of aromatic nitrogens is 3. The minimum absolute atomic E-state index is 0.159. The molecule has 1 atom stereocenters. The molecule has 114 valence electrons. The Hall–Kier alpha value is -1.59. The molecule has 0 spiro atoms. The molecule has 0 aliphatic rings. The fourth-order valence-corrected chi connectivity index (χ4v) is 2.66. The van der Waals surface area contributed by atoms with Crippen LogP contribution in [-0.2, 0) is 7.05 Å². The number of urea groups is 1. The molecule has 2 N–H and O–H groups in total. The Morgan fingerprint density at radius 3 is 2.40 bits per heavy atom. The molecule has 1 rings (SSSR count). The van der Waals surface area contributed by atoms with Crippen molar-refractivity contribution in [1.29, 1.82) is 0 Å². The van der Waals surface area contributed by atoms with E-state index in [1.54, 1.807) is 10.9 Å². The zero-order chi connectivity index (χ0) is 15.6. The van der Waals surface area contributed by atoms with Crippen LogP contribution in [0.2, 0.25) is 0 Å². The van der Waals surface area contributed by atoms with E-state index in [0.29, 0.717) is 0 Å². The van der Waals surface area contributed by atoms with Crippen LogP contribution in [0.4, 0.5) is 4.79 Å². The summed E-state index contributed by atoms with van der Waals surface area (Å²) in [6, 6.07) is -0.373. The van der Waals surface area contributed by atoms with E-state index in [1.807, 2.05) is 27.8 Å². The van der Waals surface area contributed by atoms with E-state index in [9.17, 15) is 4.79 Å². The average Bonchev–Trinajstić information content (AvgIpc) is 2.58. The number of rotatable bonds is 4. The van der Waals surface area contributed by atoms with Gasteiger partial charge in [0.25, 0.3) is 0 Å². The lowest BCUT2D eigenvalue weighted by atomic mass is 9.82. The minimum atomic E-state index is -0.262. The molecular weight excluding hydrogens is 254 g/mol. The Morgan fingerprint density at radius 1 is 1.35 bits per heavy atom. The summed E-state index contributed by atoms with van der Waals surface area (Å²) in [5.74, 6) is 0.730. The number of hydrogen-bond acceptors (Lipinski definition) is 3. The topological polar surface area (TPSA) is 71.8 Å². The maximum Gasteiger partial charge on any atom is 0.315 e. The molecule has 0 radical (unpaired) electrons. The quantitative estimate of drug-likeness (QED) is 0.890. The van der Waals surface area contributed by atoms with Crippen molar-refractivity contribution in [3.8, 4) is 0 Å². The molecule has 0 bridgehead atoms. The maximum atomic E-state index is 12.1. The monoisotopic (exact) mass is 281 g/mol. The van der Waals surface area contributed by atoms with Gasteiger partial charge in [0.15, 0.2) is 5.82 Å². The lowest BCUT2D eigenvalue weighted by Crippen LogP contribution is -2.50. The maximum absolute atomic E-state index is 12.1. The van der Waals surface area contributed by atoms with Gasteiger partial charge in [0.05, 0.1) is 6.04 Å². The number of amides is 2. The van der Waals surface area contributed by atoms with E-state index in [2.05, 4.69) is 41.6 Å². The summed E-state index contributed by atoms with van der Waals surface area (Å²) in [7, 11) is 1.86. The molecule has 1 aromatic rings. The Morgan fingerprint density at radius 2 is 1.95 bits per heavy atom. The molecule has 0 aliphatic carbocycles. The van der Waals surface area contributed by atoms with Gasteiger partial charge in [-0.1, -0.05) is 20.8 Å². The lowest BCUT2D eigenvalue weighted by Gasteiger charge is -2.33. The summed E-state index contributed by atoms with van der Waals surface area (Å²) < 4.78 is 1.80.